The Kier molecular flexibility index (Phi) is 17.5. The third kappa shape index (κ3) is 27.4. The largest absolute Gasteiger partial charge is 0.481 e. The number of hydrogen-bond acceptors (Lipinski definition) is 4. The number of carbonyl (C=O) groups is 1. The highest BCUT2D eigenvalue weighted by Gasteiger charge is 1.99. The number of carboxylic acids is 1. The molecule has 6 nitrogen and oxygen atoms in total. The molecule has 0 rings (SSSR count). The topological polar surface area (TPSA) is 101 Å². The molecule has 2 N–H and O–H groups in total. The molecule has 132 valence electrons. The van der Waals surface area contributed by atoms with Crippen LogP contribution in [0.25, 0.3) is 0 Å². The predicted octanol–water partition coefficient (Wildman–Crippen LogP) is 3.98. The molecular formula is C15H30O6S. The Morgan fingerprint density at radius 1 is 1.05 bits per heavy atom. The first kappa shape index (κ1) is 23.3. The third-order valence-corrected chi connectivity index (χ3v) is 3.26. The highest BCUT2D eigenvalue weighted by molar-refractivity contribution is 7.80. The molecule has 0 aromatic rings. The molecule has 22 heavy (non-hydrogen) atoms. The maximum atomic E-state index is 10.2. The van der Waals surface area contributed by atoms with Crippen molar-refractivity contribution in [3.05, 3.63) is 12.7 Å². The van der Waals surface area contributed by atoms with Crippen LogP contribution in [-0.2, 0) is 19.4 Å². The summed E-state index contributed by atoms with van der Waals surface area (Å²) >= 11 is 0. The lowest BCUT2D eigenvalue weighted by atomic mass is 10.1. The Hall–Kier alpha value is -0.920. The van der Waals surface area contributed by atoms with Crippen LogP contribution in [0.4, 0.5) is 0 Å². The molecule has 0 aliphatic carbocycles. The minimum Gasteiger partial charge on any atom is -0.481 e. The third-order valence-electron chi connectivity index (χ3n) is 2.83. The monoisotopic (exact) mass is 338 g/mol. The second-order valence-electron chi connectivity index (χ2n) is 4.97. The van der Waals surface area contributed by atoms with E-state index in [-0.39, 0.29) is 6.61 Å². The first-order chi connectivity index (χ1) is 10.3. The Bertz CT molecular complexity index is 364. The molecule has 0 unspecified atom stereocenters. The zero-order valence-corrected chi connectivity index (χ0v) is 14.3. The van der Waals surface area contributed by atoms with Crippen LogP contribution >= 0.6 is 0 Å². The van der Waals surface area contributed by atoms with Gasteiger partial charge in [0, 0.05) is 6.42 Å². The van der Waals surface area contributed by atoms with E-state index in [1.165, 1.54) is 51.0 Å². The standard InChI is InChI=1S/C12H24O2.C3H6O4S/c1-2-3-4-5-6-7-8-9-10-11-12(13)14;1-2-3-7-8(4,5)6/h2-11H2,1H3,(H,13,14);2H,1,3H2,(H,4,5,6). The van der Waals surface area contributed by atoms with Crippen LogP contribution in [0.3, 0.4) is 0 Å². The van der Waals surface area contributed by atoms with Crippen molar-refractivity contribution in [1.82, 2.24) is 0 Å². The Morgan fingerprint density at radius 3 is 1.82 bits per heavy atom. The summed E-state index contributed by atoms with van der Waals surface area (Å²) in [5.41, 5.74) is 0. The van der Waals surface area contributed by atoms with Crippen molar-refractivity contribution in [2.75, 3.05) is 6.61 Å². The summed E-state index contributed by atoms with van der Waals surface area (Å²) in [5, 5.41) is 8.41. The summed E-state index contributed by atoms with van der Waals surface area (Å²) in [6, 6.07) is 0. The van der Waals surface area contributed by atoms with E-state index in [9.17, 15) is 13.2 Å². The van der Waals surface area contributed by atoms with Gasteiger partial charge in [0.05, 0.1) is 6.61 Å². The van der Waals surface area contributed by atoms with Gasteiger partial charge in [0.25, 0.3) is 0 Å². The second kappa shape index (κ2) is 16.5. The Balaban J connectivity index is 0. The van der Waals surface area contributed by atoms with Gasteiger partial charge in [-0.1, -0.05) is 64.4 Å². The molecule has 0 atom stereocenters. The van der Waals surface area contributed by atoms with Crippen molar-refractivity contribution in [1.29, 1.82) is 0 Å². The average molecular weight is 338 g/mol. The molecule has 0 bridgehead atoms. The van der Waals surface area contributed by atoms with Crippen molar-refractivity contribution in [2.24, 2.45) is 0 Å². The van der Waals surface area contributed by atoms with Gasteiger partial charge in [-0.15, -0.1) is 6.58 Å². The van der Waals surface area contributed by atoms with Gasteiger partial charge < -0.3 is 5.11 Å². The van der Waals surface area contributed by atoms with E-state index in [1.54, 1.807) is 0 Å². The summed E-state index contributed by atoms with van der Waals surface area (Å²) < 4.78 is 31.0. The molecule has 0 heterocycles. The predicted molar refractivity (Wildman–Crippen MR) is 87.2 cm³/mol. The van der Waals surface area contributed by atoms with Crippen molar-refractivity contribution in [2.45, 2.75) is 71.1 Å². The molecule has 0 amide bonds. The van der Waals surface area contributed by atoms with E-state index < -0.39 is 16.4 Å². The van der Waals surface area contributed by atoms with Gasteiger partial charge in [-0.25, -0.2) is 4.18 Å². The summed E-state index contributed by atoms with van der Waals surface area (Å²) in [6.45, 7) is 5.20. The van der Waals surface area contributed by atoms with Crippen LogP contribution < -0.4 is 0 Å². The number of rotatable bonds is 13. The molecule has 0 saturated heterocycles. The molecule has 0 aliphatic rings. The van der Waals surface area contributed by atoms with Crippen molar-refractivity contribution >= 4 is 16.4 Å². The van der Waals surface area contributed by atoms with Gasteiger partial charge in [-0.05, 0) is 6.42 Å². The van der Waals surface area contributed by atoms with Crippen LogP contribution in [0.2, 0.25) is 0 Å². The molecule has 0 radical (unpaired) electrons. The van der Waals surface area contributed by atoms with Crippen LogP contribution in [0.5, 0.6) is 0 Å². The van der Waals surface area contributed by atoms with E-state index in [0.29, 0.717) is 6.42 Å². The van der Waals surface area contributed by atoms with Crippen LogP contribution in [0.1, 0.15) is 71.1 Å². The summed E-state index contributed by atoms with van der Waals surface area (Å²) in [5.74, 6) is -0.659. The molecule has 0 aromatic carbocycles. The molecular weight excluding hydrogens is 308 g/mol. The van der Waals surface area contributed by atoms with E-state index in [2.05, 4.69) is 17.7 Å². The number of hydrogen-bond donors (Lipinski definition) is 2. The minimum absolute atomic E-state index is 0.196. The van der Waals surface area contributed by atoms with Gasteiger partial charge in [0.2, 0.25) is 0 Å². The fraction of sp³-hybridized carbons (Fsp3) is 0.800. The fourth-order valence-electron chi connectivity index (χ4n) is 1.72. The van der Waals surface area contributed by atoms with Crippen LogP contribution in [0, 0.1) is 0 Å². The average Bonchev–Trinajstić information content (AvgIpc) is 2.43. The van der Waals surface area contributed by atoms with Crippen LogP contribution in [0.15, 0.2) is 12.7 Å². The Morgan fingerprint density at radius 2 is 1.50 bits per heavy atom. The van der Waals surface area contributed by atoms with E-state index in [1.807, 2.05) is 0 Å². The van der Waals surface area contributed by atoms with Gasteiger partial charge >= 0.3 is 16.4 Å². The van der Waals surface area contributed by atoms with Crippen molar-refractivity contribution in [3.8, 4) is 0 Å². The molecule has 0 fully saturated rings. The number of carboxylic acid groups (broad SMARTS) is 1. The van der Waals surface area contributed by atoms with E-state index in [4.69, 9.17) is 9.66 Å². The zero-order valence-electron chi connectivity index (χ0n) is 13.5. The molecule has 0 aliphatic heterocycles. The molecule has 0 spiro atoms. The first-order valence-corrected chi connectivity index (χ1v) is 9.14. The smallest absolute Gasteiger partial charge is 0.397 e. The number of aliphatic carboxylic acids is 1. The van der Waals surface area contributed by atoms with E-state index >= 15 is 0 Å². The van der Waals surface area contributed by atoms with Crippen molar-refractivity contribution in [3.63, 3.8) is 0 Å². The molecule has 7 heteroatoms. The number of unbranched alkanes of at least 4 members (excludes halogenated alkanes) is 8. The highest BCUT2D eigenvalue weighted by atomic mass is 32.3. The SMILES string of the molecule is C=CCOS(=O)(=O)O.CCCCCCCCCCCC(=O)O. The van der Waals surface area contributed by atoms with Gasteiger partial charge in [-0.3, -0.25) is 9.35 Å². The highest BCUT2D eigenvalue weighted by Crippen LogP contribution is 2.10. The van der Waals surface area contributed by atoms with E-state index in [0.717, 1.165) is 12.8 Å². The summed E-state index contributed by atoms with van der Waals surface area (Å²) in [6.07, 6.45) is 12.7. The quantitative estimate of drug-likeness (QED) is 0.299. The van der Waals surface area contributed by atoms with Gasteiger partial charge in [0.15, 0.2) is 0 Å². The normalized spacial score (nSPS) is 10.6. The van der Waals surface area contributed by atoms with Gasteiger partial charge in [-0.2, -0.15) is 8.42 Å². The van der Waals surface area contributed by atoms with Crippen molar-refractivity contribution < 1.29 is 27.1 Å². The lowest BCUT2D eigenvalue weighted by molar-refractivity contribution is -0.137. The van der Waals surface area contributed by atoms with Gasteiger partial charge in [0.1, 0.15) is 0 Å². The zero-order chi connectivity index (χ0) is 17.3. The first-order valence-electron chi connectivity index (χ1n) is 7.78. The summed E-state index contributed by atoms with van der Waals surface area (Å²) in [4.78, 5) is 10.2. The van der Waals surface area contributed by atoms with Crippen LogP contribution in [-0.4, -0.2) is 30.7 Å². The second-order valence-corrected chi connectivity index (χ2v) is 6.06. The Labute approximate surface area is 134 Å². The lowest BCUT2D eigenvalue weighted by Gasteiger charge is -2.00. The lowest BCUT2D eigenvalue weighted by Crippen LogP contribution is -2.02. The fourth-order valence-corrected chi connectivity index (χ4v) is 1.99. The maximum absolute atomic E-state index is 10.2. The maximum Gasteiger partial charge on any atom is 0.397 e. The minimum atomic E-state index is -4.26. The molecule has 0 saturated carbocycles. The summed E-state index contributed by atoms with van der Waals surface area (Å²) in [7, 11) is -4.26. The molecule has 0 aromatic heterocycles.